The van der Waals surface area contributed by atoms with Crippen molar-refractivity contribution < 1.29 is 14.4 Å². The van der Waals surface area contributed by atoms with Crippen molar-refractivity contribution in [1.82, 2.24) is 14.8 Å². The first-order valence-corrected chi connectivity index (χ1v) is 15.2. The summed E-state index contributed by atoms with van der Waals surface area (Å²) in [6, 6.07) is 15.9. The number of amides is 4. The first-order valence-electron chi connectivity index (χ1n) is 10.5. The Morgan fingerprint density at radius 1 is 0.909 bits per heavy atom. The van der Waals surface area contributed by atoms with Gasteiger partial charge in [0.2, 0.25) is 0 Å². The summed E-state index contributed by atoms with van der Waals surface area (Å²) >= 11 is -0.142. The van der Waals surface area contributed by atoms with E-state index in [1.165, 1.54) is 29.0 Å². The molecule has 9 heteroatoms. The van der Waals surface area contributed by atoms with Gasteiger partial charge in [0.15, 0.2) is 0 Å². The molecule has 1 saturated heterocycles. The number of likely N-dealkylation sites (N-methyl/N-ethyl adjacent to an activating group) is 2. The summed E-state index contributed by atoms with van der Waals surface area (Å²) < 4.78 is 2.13. The van der Waals surface area contributed by atoms with Crippen molar-refractivity contribution in [2.24, 2.45) is 0 Å². The standard InChI is InChI=1S/C24H22N4O3SeSi/c1-26-21(29)16(22(30)27(2)24(26)31)13-15-14-19-23(32-15)28(20-11-7-8-12-25-20)17-9-5-6-10-18(17)33(19,3)4/h5-14H,1-4H3. The summed E-state index contributed by atoms with van der Waals surface area (Å²) in [5, 5.41) is 2.61. The maximum absolute atomic E-state index is 12.7. The summed E-state index contributed by atoms with van der Waals surface area (Å²) in [4.78, 5) is 46.4. The number of anilines is 3. The van der Waals surface area contributed by atoms with E-state index in [1.54, 1.807) is 12.3 Å². The van der Waals surface area contributed by atoms with E-state index in [1.807, 2.05) is 24.3 Å². The summed E-state index contributed by atoms with van der Waals surface area (Å²) in [5.74, 6) is -0.280. The first kappa shape index (κ1) is 21.6. The van der Waals surface area contributed by atoms with Gasteiger partial charge in [-0.1, -0.05) is 0 Å². The average Bonchev–Trinajstić information content (AvgIpc) is 3.25. The number of rotatable bonds is 2. The molecule has 0 bridgehead atoms. The molecule has 2 aliphatic rings. The van der Waals surface area contributed by atoms with Gasteiger partial charge in [-0.15, -0.1) is 0 Å². The fourth-order valence-corrected chi connectivity index (χ4v) is 11.4. The van der Waals surface area contributed by atoms with Crippen molar-refractivity contribution in [2.75, 3.05) is 19.0 Å². The van der Waals surface area contributed by atoms with Gasteiger partial charge in [0.1, 0.15) is 0 Å². The Kier molecular flexibility index (Phi) is 5.01. The number of aromatic nitrogens is 1. The first-order chi connectivity index (χ1) is 15.7. The molecule has 0 N–H and O–H groups in total. The van der Waals surface area contributed by atoms with Crippen molar-refractivity contribution >= 4 is 72.9 Å². The van der Waals surface area contributed by atoms with Crippen LogP contribution in [0, 0.1) is 0 Å². The Morgan fingerprint density at radius 2 is 1.58 bits per heavy atom. The molecule has 1 aromatic carbocycles. The number of benzene rings is 1. The number of para-hydroxylation sites is 1. The summed E-state index contributed by atoms with van der Waals surface area (Å²) in [6.45, 7) is 4.66. The predicted molar refractivity (Wildman–Crippen MR) is 132 cm³/mol. The van der Waals surface area contributed by atoms with Gasteiger partial charge in [0, 0.05) is 0 Å². The summed E-state index contributed by atoms with van der Waals surface area (Å²) in [5.41, 5.74) is 1.17. The molecule has 2 aromatic heterocycles. The van der Waals surface area contributed by atoms with Crippen LogP contribution in [0.15, 0.2) is 60.3 Å². The fourth-order valence-electron chi connectivity index (χ4n) is 4.37. The molecule has 0 spiro atoms. The molecular formula is C24H22N4O3SeSi. The third kappa shape index (κ3) is 3.23. The SMILES string of the molecule is CN1C(=O)C(=Cc2cc3c([se]2)N(c2ccccn2)c2ccccc2[Si]3(C)C)C(=O)N(C)C1=O. The number of imide groups is 2. The molecule has 7 nitrogen and oxygen atoms in total. The predicted octanol–water partition coefficient (Wildman–Crippen LogP) is 2.18. The molecule has 4 amide bonds. The molecule has 0 saturated carbocycles. The minimum atomic E-state index is -2.02. The molecule has 1 fully saturated rings. The number of hydrogen-bond acceptors (Lipinski definition) is 5. The maximum atomic E-state index is 12.7. The van der Waals surface area contributed by atoms with Crippen molar-refractivity contribution in [3.8, 4) is 0 Å². The molecule has 33 heavy (non-hydrogen) atoms. The minimum absolute atomic E-state index is 0.0222. The van der Waals surface area contributed by atoms with E-state index >= 15 is 0 Å². The van der Waals surface area contributed by atoms with Crippen molar-refractivity contribution in [2.45, 2.75) is 13.1 Å². The van der Waals surface area contributed by atoms with Gasteiger partial charge in [-0.3, -0.25) is 0 Å². The van der Waals surface area contributed by atoms with E-state index < -0.39 is 25.9 Å². The van der Waals surface area contributed by atoms with E-state index in [4.69, 9.17) is 0 Å². The Bertz CT molecular complexity index is 1320. The number of barbiturate groups is 1. The third-order valence-electron chi connectivity index (χ3n) is 6.24. The van der Waals surface area contributed by atoms with Crippen molar-refractivity contribution in [1.29, 1.82) is 0 Å². The summed E-state index contributed by atoms with van der Waals surface area (Å²) in [6.07, 6.45) is 3.46. The number of carbonyl (C=O) groups excluding carboxylic acids is 3. The molecule has 2 aliphatic heterocycles. The Hall–Kier alpha value is -3.26. The van der Waals surface area contributed by atoms with Crippen molar-refractivity contribution in [3.05, 3.63) is 64.7 Å². The molecule has 5 rings (SSSR count). The number of pyridine rings is 1. The van der Waals surface area contributed by atoms with Crippen LogP contribution in [0.4, 0.5) is 20.9 Å². The van der Waals surface area contributed by atoms with Crippen LogP contribution in [0.5, 0.6) is 0 Å². The molecule has 0 atom stereocenters. The molecule has 3 aromatic rings. The third-order valence-corrected chi connectivity index (χ3v) is 12.4. The van der Waals surface area contributed by atoms with E-state index in [9.17, 15) is 14.4 Å². The zero-order chi connectivity index (χ0) is 23.5. The van der Waals surface area contributed by atoms with Gasteiger partial charge >= 0.3 is 199 Å². The van der Waals surface area contributed by atoms with Crippen LogP contribution in [0.1, 0.15) is 4.44 Å². The van der Waals surface area contributed by atoms with E-state index in [2.05, 4.69) is 47.2 Å². The second-order valence-electron chi connectivity index (χ2n) is 8.60. The average molecular weight is 522 g/mol. The molecule has 166 valence electrons. The summed E-state index contributed by atoms with van der Waals surface area (Å²) in [7, 11) is 0.774. The van der Waals surface area contributed by atoms with E-state index in [0.29, 0.717) is 0 Å². The molecular weight excluding hydrogens is 499 g/mol. The van der Waals surface area contributed by atoms with Gasteiger partial charge in [0.25, 0.3) is 0 Å². The number of urea groups is 1. The molecule has 0 radical (unpaired) electrons. The van der Waals surface area contributed by atoms with Gasteiger partial charge < -0.3 is 0 Å². The van der Waals surface area contributed by atoms with Crippen LogP contribution < -0.4 is 15.3 Å². The zero-order valence-corrected chi connectivity index (χ0v) is 21.4. The van der Waals surface area contributed by atoms with Crippen LogP contribution >= 0.6 is 0 Å². The molecule has 0 unspecified atom stereocenters. The van der Waals surface area contributed by atoms with Gasteiger partial charge in [-0.25, -0.2) is 0 Å². The second-order valence-corrected chi connectivity index (χ2v) is 15.2. The van der Waals surface area contributed by atoms with Crippen LogP contribution in [-0.2, 0) is 9.59 Å². The normalized spacial score (nSPS) is 17.3. The van der Waals surface area contributed by atoms with Crippen LogP contribution in [0.3, 0.4) is 0 Å². The number of hydrogen-bond donors (Lipinski definition) is 0. The quantitative estimate of drug-likeness (QED) is 0.294. The molecule has 0 aliphatic carbocycles. The second kappa shape index (κ2) is 7.66. The van der Waals surface area contributed by atoms with E-state index in [0.717, 1.165) is 25.7 Å². The Morgan fingerprint density at radius 3 is 2.24 bits per heavy atom. The number of fused-ring (bicyclic) bond motifs is 2. The van der Waals surface area contributed by atoms with Gasteiger partial charge in [0.05, 0.1) is 0 Å². The van der Waals surface area contributed by atoms with Gasteiger partial charge in [-0.2, -0.15) is 0 Å². The Labute approximate surface area is 198 Å². The monoisotopic (exact) mass is 522 g/mol. The van der Waals surface area contributed by atoms with Crippen molar-refractivity contribution in [3.63, 3.8) is 0 Å². The van der Waals surface area contributed by atoms with Crippen LogP contribution in [-0.4, -0.2) is 69.3 Å². The van der Waals surface area contributed by atoms with Gasteiger partial charge in [-0.05, 0) is 0 Å². The van der Waals surface area contributed by atoms with Crippen LogP contribution in [0.2, 0.25) is 13.1 Å². The topological polar surface area (TPSA) is 73.8 Å². The number of nitrogens with zero attached hydrogens (tertiary/aromatic N) is 4. The van der Waals surface area contributed by atoms with E-state index in [-0.39, 0.29) is 20.1 Å². The zero-order valence-electron chi connectivity index (χ0n) is 18.7. The number of carbonyl (C=O) groups is 3. The van der Waals surface area contributed by atoms with Crippen LogP contribution in [0.25, 0.3) is 6.08 Å². The molecule has 4 heterocycles. The Balaban J connectivity index is 1.69. The fraction of sp³-hybridized carbons (Fsp3) is 0.167.